The van der Waals surface area contributed by atoms with Crippen molar-refractivity contribution in [2.75, 3.05) is 18.4 Å². The molecule has 0 spiro atoms. The van der Waals surface area contributed by atoms with Gasteiger partial charge in [0.1, 0.15) is 0 Å². The molecule has 0 bridgehead atoms. The molecule has 1 aliphatic rings. The van der Waals surface area contributed by atoms with Crippen molar-refractivity contribution in [1.29, 1.82) is 0 Å². The Labute approximate surface area is 100 Å². The SMILES string of the molecule is Cc1cccc2nc(NCC3CCCN3)nn12. The molecule has 5 heteroatoms. The summed E-state index contributed by atoms with van der Waals surface area (Å²) in [5.41, 5.74) is 1.99. The normalized spacial score (nSPS) is 19.9. The average molecular weight is 231 g/mol. The quantitative estimate of drug-likeness (QED) is 0.833. The van der Waals surface area contributed by atoms with Gasteiger partial charge in [-0.2, -0.15) is 4.98 Å². The first-order valence-electron chi connectivity index (χ1n) is 6.12. The molecule has 0 saturated carbocycles. The van der Waals surface area contributed by atoms with Crippen LogP contribution in [0.4, 0.5) is 5.95 Å². The molecule has 1 aliphatic heterocycles. The molecule has 5 nitrogen and oxygen atoms in total. The summed E-state index contributed by atoms with van der Waals surface area (Å²) in [5.74, 6) is 0.716. The average Bonchev–Trinajstić information content (AvgIpc) is 2.95. The van der Waals surface area contributed by atoms with E-state index in [4.69, 9.17) is 0 Å². The molecule has 1 atom stereocenters. The van der Waals surface area contributed by atoms with Crippen LogP contribution in [0.3, 0.4) is 0 Å². The standard InChI is InChI=1S/C12H17N5/c1-9-4-2-6-11-15-12(16-17(9)11)14-8-10-5-3-7-13-10/h2,4,6,10,13H,3,5,7-8H2,1H3,(H,14,16). The molecule has 3 heterocycles. The largest absolute Gasteiger partial charge is 0.351 e. The zero-order valence-electron chi connectivity index (χ0n) is 9.98. The van der Waals surface area contributed by atoms with Crippen LogP contribution in [0.15, 0.2) is 18.2 Å². The van der Waals surface area contributed by atoms with Gasteiger partial charge in [-0.15, -0.1) is 5.10 Å². The van der Waals surface area contributed by atoms with E-state index in [1.165, 1.54) is 12.8 Å². The summed E-state index contributed by atoms with van der Waals surface area (Å²) in [6, 6.07) is 6.56. The van der Waals surface area contributed by atoms with Gasteiger partial charge in [-0.05, 0) is 38.4 Å². The molecule has 3 rings (SSSR count). The van der Waals surface area contributed by atoms with Crippen molar-refractivity contribution in [3.8, 4) is 0 Å². The molecule has 17 heavy (non-hydrogen) atoms. The predicted octanol–water partition coefficient (Wildman–Crippen LogP) is 1.20. The van der Waals surface area contributed by atoms with E-state index in [2.05, 4.69) is 20.7 Å². The van der Waals surface area contributed by atoms with Crippen molar-refractivity contribution in [3.05, 3.63) is 23.9 Å². The first kappa shape index (κ1) is 10.5. The Kier molecular flexibility index (Phi) is 2.68. The molecule has 90 valence electrons. The van der Waals surface area contributed by atoms with E-state index >= 15 is 0 Å². The Hall–Kier alpha value is -1.62. The van der Waals surface area contributed by atoms with E-state index in [1.54, 1.807) is 0 Å². The second-order valence-corrected chi connectivity index (χ2v) is 4.55. The van der Waals surface area contributed by atoms with E-state index in [0.29, 0.717) is 12.0 Å². The van der Waals surface area contributed by atoms with E-state index in [0.717, 1.165) is 24.4 Å². The highest BCUT2D eigenvalue weighted by molar-refractivity contribution is 5.44. The first-order valence-corrected chi connectivity index (χ1v) is 6.12. The molecule has 0 aromatic carbocycles. The van der Waals surface area contributed by atoms with Crippen molar-refractivity contribution in [2.45, 2.75) is 25.8 Å². The van der Waals surface area contributed by atoms with E-state index in [-0.39, 0.29) is 0 Å². The van der Waals surface area contributed by atoms with Crippen LogP contribution in [0.25, 0.3) is 5.65 Å². The maximum absolute atomic E-state index is 4.45. The van der Waals surface area contributed by atoms with Crippen LogP contribution in [-0.4, -0.2) is 33.7 Å². The number of rotatable bonds is 3. The molecule has 1 fully saturated rings. The van der Waals surface area contributed by atoms with Crippen molar-refractivity contribution in [3.63, 3.8) is 0 Å². The van der Waals surface area contributed by atoms with Crippen LogP contribution in [0.5, 0.6) is 0 Å². The number of anilines is 1. The van der Waals surface area contributed by atoms with Crippen LogP contribution >= 0.6 is 0 Å². The highest BCUT2D eigenvalue weighted by atomic mass is 15.4. The van der Waals surface area contributed by atoms with Crippen molar-refractivity contribution >= 4 is 11.6 Å². The third-order valence-electron chi connectivity index (χ3n) is 3.22. The summed E-state index contributed by atoms with van der Waals surface area (Å²) in [6.45, 7) is 4.06. The van der Waals surface area contributed by atoms with Crippen molar-refractivity contribution < 1.29 is 0 Å². The van der Waals surface area contributed by atoms with Gasteiger partial charge in [-0.3, -0.25) is 0 Å². The highest BCUT2D eigenvalue weighted by Gasteiger charge is 2.14. The molecule has 0 amide bonds. The lowest BCUT2D eigenvalue weighted by molar-refractivity contribution is 0.631. The fourth-order valence-electron chi connectivity index (χ4n) is 2.26. The number of fused-ring (bicyclic) bond motifs is 1. The molecule has 2 aromatic rings. The predicted molar refractivity (Wildman–Crippen MR) is 67.2 cm³/mol. The second kappa shape index (κ2) is 4.33. The Bertz CT molecular complexity index is 513. The Morgan fingerprint density at radius 3 is 3.24 bits per heavy atom. The summed E-state index contributed by atoms with van der Waals surface area (Å²) in [5, 5.41) is 11.2. The van der Waals surface area contributed by atoms with Gasteiger partial charge in [-0.25, -0.2) is 4.52 Å². The molecule has 2 aromatic heterocycles. The summed E-state index contributed by atoms with van der Waals surface area (Å²) < 4.78 is 1.87. The fraction of sp³-hybridized carbons (Fsp3) is 0.500. The van der Waals surface area contributed by atoms with Crippen LogP contribution < -0.4 is 10.6 Å². The molecular formula is C12H17N5. The molecule has 0 aliphatic carbocycles. The number of nitrogens with one attached hydrogen (secondary N) is 2. The summed E-state index contributed by atoms with van der Waals surface area (Å²) in [7, 11) is 0. The maximum atomic E-state index is 4.45. The van der Waals surface area contributed by atoms with Gasteiger partial charge in [0.15, 0.2) is 5.65 Å². The van der Waals surface area contributed by atoms with Crippen molar-refractivity contribution in [2.24, 2.45) is 0 Å². The minimum Gasteiger partial charge on any atom is -0.351 e. The maximum Gasteiger partial charge on any atom is 0.243 e. The number of hydrogen-bond acceptors (Lipinski definition) is 4. The van der Waals surface area contributed by atoms with E-state index in [1.807, 2.05) is 29.6 Å². The third kappa shape index (κ3) is 2.10. The Balaban J connectivity index is 1.74. The summed E-state index contributed by atoms with van der Waals surface area (Å²) in [4.78, 5) is 4.45. The number of hydrogen-bond donors (Lipinski definition) is 2. The first-order chi connectivity index (χ1) is 8.33. The van der Waals surface area contributed by atoms with Gasteiger partial charge >= 0.3 is 0 Å². The van der Waals surface area contributed by atoms with Gasteiger partial charge in [0.2, 0.25) is 5.95 Å². The van der Waals surface area contributed by atoms with Gasteiger partial charge in [0.25, 0.3) is 0 Å². The van der Waals surface area contributed by atoms with Crippen LogP contribution in [0.2, 0.25) is 0 Å². The summed E-state index contributed by atoms with van der Waals surface area (Å²) in [6.07, 6.45) is 2.50. The zero-order valence-corrected chi connectivity index (χ0v) is 9.98. The number of aromatic nitrogens is 3. The topological polar surface area (TPSA) is 54.2 Å². The fourth-order valence-corrected chi connectivity index (χ4v) is 2.26. The Morgan fingerprint density at radius 1 is 1.53 bits per heavy atom. The lowest BCUT2D eigenvalue weighted by Gasteiger charge is -2.09. The van der Waals surface area contributed by atoms with E-state index < -0.39 is 0 Å². The number of nitrogens with zero attached hydrogens (tertiary/aromatic N) is 3. The summed E-state index contributed by atoms with van der Waals surface area (Å²) >= 11 is 0. The van der Waals surface area contributed by atoms with Crippen LogP contribution in [-0.2, 0) is 0 Å². The monoisotopic (exact) mass is 231 g/mol. The van der Waals surface area contributed by atoms with Crippen molar-refractivity contribution in [1.82, 2.24) is 19.9 Å². The molecule has 2 N–H and O–H groups in total. The minimum absolute atomic E-state index is 0.558. The lowest BCUT2D eigenvalue weighted by Crippen LogP contribution is -2.29. The molecule has 0 radical (unpaired) electrons. The van der Waals surface area contributed by atoms with Gasteiger partial charge in [-0.1, -0.05) is 6.07 Å². The Morgan fingerprint density at radius 2 is 2.47 bits per heavy atom. The lowest BCUT2D eigenvalue weighted by atomic mass is 10.2. The molecular weight excluding hydrogens is 214 g/mol. The van der Waals surface area contributed by atoms with Crippen LogP contribution in [0.1, 0.15) is 18.5 Å². The second-order valence-electron chi connectivity index (χ2n) is 4.55. The van der Waals surface area contributed by atoms with Gasteiger partial charge in [0, 0.05) is 18.3 Å². The van der Waals surface area contributed by atoms with Gasteiger partial charge < -0.3 is 10.6 Å². The number of pyridine rings is 1. The molecule has 1 unspecified atom stereocenters. The van der Waals surface area contributed by atoms with Crippen LogP contribution in [0, 0.1) is 6.92 Å². The molecule has 1 saturated heterocycles. The number of aryl methyl sites for hydroxylation is 1. The zero-order chi connectivity index (χ0) is 11.7. The smallest absolute Gasteiger partial charge is 0.243 e. The van der Waals surface area contributed by atoms with E-state index in [9.17, 15) is 0 Å². The van der Waals surface area contributed by atoms with Gasteiger partial charge in [0.05, 0.1) is 0 Å². The highest BCUT2D eigenvalue weighted by Crippen LogP contribution is 2.09. The third-order valence-corrected chi connectivity index (χ3v) is 3.22. The minimum atomic E-state index is 0.558.